The summed E-state index contributed by atoms with van der Waals surface area (Å²) in [5, 5.41) is 6.61. The van der Waals surface area contributed by atoms with Crippen LogP contribution < -0.4 is 5.32 Å². The van der Waals surface area contributed by atoms with Gasteiger partial charge < -0.3 is 0 Å². The Kier molecular flexibility index (Phi) is 4.09. The first-order chi connectivity index (χ1) is 10.3. The van der Waals surface area contributed by atoms with Crippen LogP contribution in [-0.4, -0.2) is 10.9 Å². The number of aromatic nitrogens is 1. The minimum atomic E-state index is -0.105. The van der Waals surface area contributed by atoms with Crippen molar-refractivity contribution in [3.63, 3.8) is 0 Å². The normalized spacial score (nSPS) is 11.8. The van der Waals surface area contributed by atoms with Gasteiger partial charge in [0.25, 0.3) is 5.91 Å². The Morgan fingerprint density at radius 2 is 2.05 bits per heavy atom. The summed E-state index contributed by atoms with van der Waals surface area (Å²) >= 11 is 6.40. The molecule has 1 N–H and O–H groups in total. The van der Waals surface area contributed by atoms with Crippen LogP contribution in [0.5, 0.6) is 0 Å². The van der Waals surface area contributed by atoms with Crippen molar-refractivity contribution in [2.24, 2.45) is 0 Å². The highest BCUT2D eigenvalue weighted by atomic mass is 79.9. The number of nitrogens with zero attached hydrogens (tertiary/aromatic N) is 1. The average molecular weight is 395 g/mol. The van der Waals surface area contributed by atoms with E-state index in [1.165, 1.54) is 22.7 Å². The van der Waals surface area contributed by atoms with Crippen LogP contribution >= 0.6 is 38.6 Å². The molecule has 2 heterocycles. The standard InChI is InChI=1S/C16H15BrN2OS2/c1-16(2,3)13-8-21-15(18-13)19-14(20)12-7-9-6-10(17)4-5-11(9)22-12/h4-8H,1-3H3,(H,18,19,20). The molecule has 1 aromatic carbocycles. The second kappa shape index (κ2) is 5.76. The van der Waals surface area contributed by atoms with E-state index in [0.29, 0.717) is 10.0 Å². The first-order valence-electron chi connectivity index (χ1n) is 6.79. The molecule has 3 nitrogen and oxygen atoms in total. The van der Waals surface area contributed by atoms with Crippen molar-refractivity contribution < 1.29 is 4.79 Å². The molecule has 22 heavy (non-hydrogen) atoms. The van der Waals surface area contributed by atoms with Gasteiger partial charge in [0, 0.05) is 20.0 Å². The van der Waals surface area contributed by atoms with Crippen molar-refractivity contribution in [3.8, 4) is 0 Å². The molecule has 0 fully saturated rings. The molecule has 1 amide bonds. The molecule has 2 aromatic heterocycles. The molecule has 0 saturated heterocycles. The molecule has 114 valence electrons. The lowest BCUT2D eigenvalue weighted by Crippen LogP contribution is -2.13. The molecule has 6 heteroatoms. The maximum Gasteiger partial charge on any atom is 0.267 e. The molecule has 0 radical (unpaired) electrons. The number of benzene rings is 1. The van der Waals surface area contributed by atoms with E-state index in [2.05, 4.69) is 47.0 Å². The SMILES string of the molecule is CC(C)(C)c1csc(NC(=O)c2cc3cc(Br)ccc3s2)n1. The number of thiophene rings is 1. The molecule has 0 saturated carbocycles. The van der Waals surface area contributed by atoms with E-state index < -0.39 is 0 Å². The fourth-order valence-electron chi connectivity index (χ4n) is 1.96. The molecule has 3 rings (SSSR count). The molecular weight excluding hydrogens is 380 g/mol. The van der Waals surface area contributed by atoms with Gasteiger partial charge in [-0.2, -0.15) is 0 Å². The second-order valence-electron chi connectivity index (χ2n) is 6.03. The number of carbonyl (C=O) groups is 1. The number of amides is 1. The monoisotopic (exact) mass is 394 g/mol. The lowest BCUT2D eigenvalue weighted by molar-refractivity contribution is 0.103. The highest BCUT2D eigenvalue weighted by molar-refractivity contribution is 9.10. The second-order valence-corrected chi connectivity index (χ2v) is 8.89. The first-order valence-corrected chi connectivity index (χ1v) is 9.28. The van der Waals surface area contributed by atoms with E-state index in [0.717, 1.165) is 20.3 Å². The molecule has 0 unspecified atom stereocenters. The van der Waals surface area contributed by atoms with Crippen LogP contribution in [0.15, 0.2) is 34.1 Å². The van der Waals surface area contributed by atoms with E-state index in [1.807, 2.05) is 29.6 Å². The van der Waals surface area contributed by atoms with Crippen molar-refractivity contribution in [3.05, 3.63) is 44.7 Å². The molecule has 0 aliphatic heterocycles. The Morgan fingerprint density at radius 3 is 2.73 bits per heavy atom. The van der Waals surface area contributed by atoms with Crippen LogP contribution in [0.1, 0.15) is 36.1 Å². The van der Waals surface area contributed by atoms with Crippen molar-refractivity contribution in [2.45, 2.75) is 26.2 Å². The van der Waals surface area contributed by atoms with E-state index in [-0.39, 0.29) is 11.3 Å². The van der Waals surface area contributed by atoms with Crippen LogP contribution in [0.25, 0.3) is 10.1 Å². The lowest BCUT2D eigenvalue weighted by atomic mass is 9.93. The summed E-state index contributed by atoms with van der Waals surface area (Å²) in [6.07, 6.45) is 0. The third kappa shape index (κ3) is 3.24. The highest BCUT2D eigenvalue weighted by Crippen LogP contribution is 2.30. The average Bonchev–Trinajstić information content (AvgIpc) is 3.03. The third-order valence-corrected chi connectivity index (χ3v) is 5.56. The largest absolute Gasteiger partial charge is 0.297 e. The van der Waals surface area contributed by atoms with Crippen molar-refractivity contribution in [1.29, 1.82) is 0 Å². The van der Waals surface area contributed by atoms with Gasteiger partial charge in [-0.1, -0.05) is 36.7 Å². The number of hydrogen-bond donors (Lipinski definition) is 1. The number of fused-ring (bicyclic) bond motifs is 1. The molecule has 0 bridgehead atoms. The molecule has 0 aliphatic carbocycles. The molecule has 0 atom stereocenters. The number of carbonyl (C=O) groups excluding carboxylic acids is 1. The zero-order valence-corrected chi connectivity index (χ0v) is 15.7. The molecule has 3 aromatic rings. The fourth-order valence-corrected chi connectivity index (χ4v) is 4.21. The van der Waals surface area contributed by atoms with Crippen LogP contribution in [0.3, 0.4) is 0 Å². The zero-order chi connectivity index (χ0) is 15.9. The summed E-state index contributed by atoms with van der Waals surface area (Å²) < 4.78 is 2.11. The predicted molar refractivity (Wildman–Crippen MR) is 98.3 cm³/mol. The number of halogens is 1. The van der Waals surface area contributed by atoms with Crippen LogP contribution in [0.2, 0.25) is 0 Å². The first kappa shape index (κ1) is 15.6. The number of nitrogens with one attached hydrogen (secondary N) is 1. The minimum Gasteiger partial charge on any atom is -0.297 e. The fraction of sp³-hybridized carbons (Fsp3) is 0.250. The van der Waals surface area contributed by atoms with Gasteiger partial charge in [0.05, 0.1) is 10.6 Å². The van der Waals surface area contributed by atoms with Crippen molar-refractivity contribution >= 4 is 59.7 Å². The summed E-state index contributed by atoms with van der Waals surface area (Å²) in [6.45, 7) is 6.33. The number of anilines is 1. The lowest BCUT2D eigenvalue weighted by Gasteiger charge is -2.14. The van der Waals surface area contributed by atoms with Gasteiger partial charge in [0.1, 0.15) is 0 Å². The van der Waals surface area contributed by atoms with Gasteiger partial charge in [0.2, 0.25) is 0 Å². The predicted octanol–water partition coefficient (Wildman–Crippen LogP) is 5.67. The Hall–Kier alpha value is -1.24. The summed E-state index contributed by atoms with van der Waals surface area (Å²) in [4.78, 5) is 17.6. The van der Waals surface area contributed by atoms with Gasteiger partial charge in [-0.15, -0.1) is 22.7 Å². The smallest absolute Gasteiger partial charge is 0.267 e. The summed E-state index contributed by atoms with van der Waals surface area (Å²) in [5.74, 6) is -0.105. The number of hydrogen-bond acceptors (Lipinski definition) is 4. The highest BCUT2D eigenvalue weighted by Gasteiger charge is 2.19. The van der Waals surface area contributed by atoms with E-state index in [9.17, 15) is 4.79 Å². The summed E-state index contributed by atoms with van der Waals surface area (Å²) in [6, 6.07) is 7.93. The van der Waals surface area contributed by atoms with Gasteiger partial charge in [-0.25, -0.2) is 4.98 Å². The Bertz CT molecular complexity index is 845. The van der Waals surface area contributed by atoms with Crippen LogP contribution in [-0.2, 0) is 5.41 Å². The Labute approximate surface area is 145 Å². The maximum absolute atomic E-state index is 12.4. The summed E-state index contributed by atoms with van der Waals surface area (Å²) in [7, 11) is 0. The Morgan fingerprint density at radius 1 is 1.27 bits per heavy atom. The minimum absolute atomic E-state index is 0.0105. The third-order valence-electron chi connectivity index (χ3n) is 3.20. The van der Waals surface area contributed by atoms with Crippen molar-refractivity contribution in [2.75, 3.05) is 5.32 Å². The van der Waals surface area contributed by atoms with Crippen molar-refractivity contribution in [1.82, 2.24) is 4.98 Å². The van der Waals surface area contributed by atoms with Gasteiger partial charge in [-0.05, 0) is 29.7 Å². The van der Waals surface area contributed by atoms with Gasteiger partial charge in [0.15, 0.2) is 5.13 Å². The van der Waals surface area contributed by atoms with E-state index in [1.54, 1.807) is 0 Å². The topological polar surface area (TPSA) is 42.0 Å². The Balaban J connectivity index is 1.82. The molecular formula is C16H15BrN2OS2. The maximum atomic E-state index is 12.4. The molecule has 0 aliphatic rings. The zero-order valence-electron chi connectivity index (χ0n) is 12.4. The van der Waals surface area contributed by atoms with E-state index in [4.69, 9.17) is 0 Å². The number of rotatable bonds is 2. The molecule has 0 spiro atoms. The van der Waals surface area contributed by atoms with Crippen LogP contribution in [0.4, 0.5) is 5.13 Å². The summed E-state index contributed by atoms with van der Waals surface area (Å²) in [5.41, 5.74) is 0.983. The van der Waals surface area contributed by atoms with Gasteiger partial charge in [-0.3, -0.25) is 10.1 Å². The van der Waals surface area contributed by atoms with Crippen LogP contribution in [0, 0.1) is 0 Å². The van der Waals surface area contributed by atoms with E-state index >= 15 is 0 Å². The quantitative estimate of drug-likeness (QED) is 0.608. The van der Waals surface area contributed by atoms with Gasteiger partial charge >= 0.3 is 0 Å². The number of thiazole rings is 1.